The number of hydrogen-bond donors (Lipinski definition) is 0. The number of benzene rings is 1. The van der Waals surface area contributed by atoms with Crippen LogP contribution in [0.25, 0.3) is 0 Å². The number of ether oxygens (including phenoxy) is 1. The van der Waals surface area contributed by atoms with Crippen molar-refractivity contribution in [1.82, 2.24) is 9.80 Å². The standard InChI is InChI=1S/C16H21ClN2O3/c1-22-12-7-15(20)18-8-2-9-19(11-10-18)16(21)13-3-5-14(17)6-4-13/h3-6H,2,7-12H2,1H3. The minimum absolute atomic E-state index is 0.0112. The molecule has 2 rings (SSSR count). The topological polar surface area (TPSA) is 49.9 Å². The molecular weight excluding hydrogens is 304 g/mol. The molecule has 0 saturated carbocycles. The number of carbonyl (C=O) groups excluding carboxylic acids is 2. The predicted molar refractivity (Wildman–Crippen MR) is 85.0 cm³/mol. The van der Waals surface area contributed by atoms with E-state index in [1.54, 1.807) is 36.3 Å². The van der Waals surface area contributed by atoms with Crippen molar-refractivity contribution in [2.75, 3.05) is 39.9 Å². The van der Waals surface area contributed by atoms with Gasteiger partial charge in [0.15, 0.2) is 0 Å². The molecule has 1 fully saturated rings. The Hall–Kier alpha value is -1.59. The number of hydrogen-bond acceptors (Lipinski definition) is 3. The van der Waals surface area contributed by atoms with Crippen LogP contribution in [0.4, 0.5) is 0 Å². The largest absolute Gasteiger partial charge is 0.384 e. The molecule has 1 aromatic rings. The zero-order valence-corrected chi connectivity index (χ0v) is 13.5. The summed E-state index contributed by atoms with van der Waals surface area (Å²) < 4.78 is 4.94. The first-order valence-electron chi connectivity index (χ1n) is 7.43. The number of carbonyl (C=O) groups is 2. The van der Waals surface area contributed by atoms with Gasteiger partial charge >= 0.3 is 0 Å². The molecule has 0 atom stereocenters. The van der Waals surface area contributed by atoms with Gasteiger partial charge in [0.25, 0.3) is 5.91 Å². The molecule has 5 nitrogen and oxygen atoms in total. The summed E-state index contributed by atoms with van der Waals surface area (Å²) in [5, 5.41) is 0.613. The molecule has 1 heterocycles. The molecule has 1 aliphatic rings. The number of halogens is 1. The second kappa shape index (κ2) is 8.15. The third kappa shape index (κ3) is 4.45. The van der Waals surface area contributed by atoms with E-state index in [0.29, 0.717) is 49.8 Å². The lowest BCUT2D eigenvalue weighted by atomic mass is 10.2. The fourth-order valence-electron chi connectivity index (χ4n) is 2.49. The Kier molecular flexibility index (Phi) is 6.21. The second-order valence-electron chi connectivity index (χ2n) is 5.28. The Labute approximate surface area is 135 Å². The van der Waals surface area contributed by atoms with Gasteiger partial charge in [0.2, 0.25) is 5.91 Å². The quantitative estimate of drug-likeness (QED) is 0.851. The summed E-state index contributed by atoms with van der Waals surface area (Å²) in [6.45, 7) is 2.91. The monoisotopic (exact) mass is 324 g/mol. The molecule has 0 spiro atoms. The number of nitrogens with zero attached hydrogens (tertiary/aromatic N) is 2. The zero-order valence-electron chi connectivity index (χ0n) is 12.8. The molecule has 0 bridgehead atoms. The van der Waals surface area contributed by atoms with E-state index in [2.05, 4.69) is 0 Å². The minimum Gasteiger partial charge on any atom is -0.384 e. The van der Waals surface area contributed by atoms with Crippen LogP contribution in [0.3, 0.4) is 0 Å². The van der Waals surface area contributed by atoms with E-state index in [4.69, 9.17) is 16.3 Å². The van der Waals surface area contributed by atoms with Gasteiger partial charge in [0, 0.05) is 43.9 Å². The van der Waals surface area contributed by atoms with Crippen LogP contribution in [-0.4, -0.2) is 61.5 Å². The summed E-state index contributed by atoms with van der Waals surface area (Å²) in [6.07, 6.45) is 1.18. The molecular formula is C16H21ClN2O3. The number of methoxy groups -OCH3 is 1. The fraction of sp³-hybridized carbons (Fsp3) is 0.500. The van der Waals surface area contributed by atoms with Crippen LogP contribution in [0.1, 0.15) is 23.2 Å². The van der Waals surface area contributed by atoms with Crippen LogP contribution in [0, 0.1) is 0 Å². The highest BCUT2D eigenvalue weighted by Crippen LogP contribution is 2.13. The molecule has 0 aromatic heterocycles. The van der Waals surface area contributed by atoms with Gasteiger partial charge in [0.1, 0.15) is 0 Å². The highest BCUT2D eigenvalue weighted by atomic mass is 35.5. The van der Waals surface area contributed by atoms with Crippen molar-refractivity contribution in [2.24, 2.45) is 0 Å². The number of rotatable bonds is 4. The van der Waals surface area contributed by atoms with Gasteiger partial charge in [0.05, 0.1) is 13.0 Å². The van der Waals surface area contributed by atoms with Crippen molar-refractivity contribution in [2.45, 2.75) is 12.8 Å². The van der Waals surface area contributed by atoms with Gasteiger partial charge in [-0.2, -0.15) is 0 Å². The molecule has 120 valence electrons. The Morgan fingerprint density at radius 1 is 1.09 bits per heavy atom. The molecule has 1 aliphatic heterocycles. The van der Waals surface area contributed by atoms with Gasteiger partial charge in [-0.05, 0) is 30.7 Å². The van der Waals surface area contributed by atoms with Gasteiger partial charge in [-0.1, -0.05) is 11.6 Å². The predicted octanol–water partition coefficient (Wildman–Crippen LogP) is 2.05. The van der Waals surface area contributed by atoms with Crippen molar-refractivity contribution in [3.8, 4) is 0 Å². The van der Waals surface area contributed by atoms with Crippen molar-refractivity contribution in [3.05, 3.63) is 34.9 Å². The Bertz CT molecular complexity index is 519. The summed E-state index contributed by atoms with van der Waals surface area (Å²) in [7, 11) is 1.59. The van der Waals surface area contributed by atoms with Crippen LogP contribution in [0.5, 0.6) is 0 Å². The van der Waals surface area contributed by atoms with Crippen LogP contribution in [0.2, 0.25) is 5.02 Å². The lowest BCUT2D eigenvalue weighted by Gasteiger charge is -2.22. The molecule has 6 heteroatoms. The van der Waals surface area contributed by atoms with Crippen molar-refractivity contribution < 1.29 is 14.3 Å². The average molecular weight is 325 g/mol. The smallest absolute Gasteiger partial charge is 0.253 e. The van der Waals surface area contributed by atoms with E-state index in [1.165, 1.54) is 0 Å². The molecule has 0 N–H and O–H groups in total. The molecule has 1 aromatic carbocycles. The third-order valence-corrected chi connectivity index (χ3v) is 4.00. The highest BCUT2D eigenvalue weighted by Gasteiger charge is 2.22. The molecule has 0 radical (unpaired) electrons. The lowest BCUT2D eigenvalue weighted by molar-refractivity contribution is -0.132. The third-order valence-electron chi connectivity index (χ3n) is 3.75. The Balaban J connectivity index is 1.93. The van der Waals surface area contributed by atoms with Gasteiger partial charge in [-0.25, -0.2) is 0 Å². The molecule has 0 unspecified atom stereocenters. The highest BCUT2D eigenvalue weighted by molar-refractivity contribution is 6.30. The van der Waals surface area contributed by atoms with E-state index in [1.807, 2.05) is 4.90 Å². The summed E-state index contributed by atoms with van der Waals surface area (Å²) >= 11 is 5.84. The van der Waals surface area contributed by atoms with Crippen molar-refractivity contribution in [1.29, 1.82) is 0 Å². The molecule has 2 amide bonds. The number of amides is 2. The van der Waals surface area contributed by atoms with Gasteiger partial charge < -0.3 is 14.5 Å². The lowest BCUT2D eigenvalue weighted by Crippen LogP contribution is -2.37. The Morgan fingerprint density at radius 2 is 1.73 bits per heavy atom. The first kappa shape index (κ1) is 16.8. The van der Waals surface area contributed by atoms with Crippen LogP contribution >= 0.6 is 11.6 Å². The maximum Gasteiger partial charge on any atom is 0.253 e. The summed E-state index contributed by atoms with van der Waals surface area (Å²) in [5.41, 5.74) is 0.628. The van der Waals surface area contributed by atoms with E-state index >= 15 is 0 Å². The van der Waals surface area contributed by atoms with E-state index in [-0.39, 0.29) is 11.8 Å². The van der Waals surface area contributed by atoms with Crippen LogP contribution < -0.4 is 0 Å². The Morgan fingerprint density at radius 3 is 2.41 bits per heavy atom. The summed E-state index contributed by atoms with van der Waals surface area (Å²) in [6, 6.07) is 6.90. The van der Waals surface area contributed by atoms with Crippen molar-refractivity contribution in [3.63, 3.8) is 0 Å². The summed E-state index contributed by atoms with van der Waals surface area (Å²) in [4.78, 5) is 28.1. The maximum absolute atomic E-state index is 12.5. The molecule has 22 heavy (non-hydrogen) atoms. The van der Waals surface area contributed by atoms with Crippen LogP contribution in [0.15, 0.2) is 24.3 Å². The summed E-state index contributed by atoms with van der Waals surface area (Å²) in [5.74, 6) is 0.0745. The normalized spacial score (nSPS) is 15.5. The SMILES string of the molecule is COCCC(=O)N1CCCN(C(=O)c2ccc(Cl)cc2)CC1. The van der Waals surface area contributed by atoms with Crippen molar-refractivity contribution >= 4 is 23.4 Å². The molecule has 1 saturated heterocycles. The zero-order chi connectivity index (χ0) is 15.9. The first-order valence-corrected chi connectivity index (χ1v) is 7.81. The average Bonchev–Trinajstić information content (AvgIpc) is 2.78. The minimum atomic E-state index is -0.0112. The molecule has 0 aliphatic carbocycles. The van der Waals surface area contributed by atoms with E-state index < -0.39 is 0 Å². The van der Waals surface area contributed by atoms with Gasteiger partial charge in [-0.15, -0.1) is 0 Å². The fourth-order valence-corrected chi connectivity index (χ4v) is 2.62. The van der Waals surface area contributed by atoms with E-state index in [0.717, 1.165) is 6.42 Å². The van der Waals surface area contributed by atoms with Crippen LogP contribution in [-0.2, 0) is 9.53 Å². The van der Waals surface area contributed by atoms with E-state index in [9.17, 15) is 9.59 Å². The second-order valence-corrected chi connectivity index (χ2v) is 5.71. The maximum atomic E-state index is 12.5. The first-order chi connectivity index (χ1) is 10.6. The van der Waals surface area contributed by atoms with Gasteiger partial charge in [-0.3, -0.25) is 9.59 Å².